The van der Waals surface area contributed by atoms with Gasteiger partial charge in [0, 0.05) is 0 Å². The molecule has 0 atom stereocenters. The Morgan fingerprint density at radius 3 is 0.912 bits per heavy atom. The molecule has 2 rings (SSSR count). The minimum atomic E-state index is 0.00794. The molecule has 6 heteroatoms. The van der Waals surface area contributed by atoms with Crippen LogP contribution in [0.4, 0.5) is 0 Å². The maximum atomic E-state index is 10.8. The van der Waals surface area contributed by atoms with Gasteiger partial charge in [-0.3, -0.25) is 0 Å². The Balaban J connectivity index is 2.49. The largest absolute Gasteiger partial charge is 0.502 e. The second-order valence-corrected chi connectivity index (χ2v) is 8.45. The average Bonchev–Trinajstić information content (AvgIpc) is 2.83. The van der Waals surface area contributed by atoms with Crippen LogP contribution in [0.25, 0.3) is 11.1 Å². The zero-order valence-electron chi connectivity index (χ0n) is 21.3. The highest BCUT2D eigenvalue weighted by Gasteiger charge is 2.18. The zero-order valence-corrected chi connectivity index (χ0v) is 21.3. The molecule has 0 unspecified atom stereocenters. The summed E-state index contributed by atoms with van der Waals surface area (Å²) in [5.41, 5.74) is 1.58. The molecule has 34 heavy (non-hydrogen) atoms. The number of rotatable bonds is 17. The molecule has 0 spiro atoms. The molecule has 0 heterocycles. The maximum absolute atomic E-state index is 10.8. The SMILES string of the molecule is CCCCOc1cc(-c2cc(OCCCC)c(O)c(OCCCC)c2)cc(OCCCC)c1O. The van der Waals surface area contributed by atoms with Gasteiger partial charge in [-0.15, -0.1) is 0 Å². The zero-order chi connectivity index (χ0) is 24.8. The summed E-state index contributed by atoms with van der Waals surface area (Å²) in [7, 11) is 0. The Hall–Kier alpha value is -2.76. The second-order valence-electron chi connectivity index (χ2n) is 8.45. The summed E-state index contributed by atoms with van der Waals surface area (Å²) in [6, 6.07) is 7.21. The van der Waals surface area contributed by atoms with Crippen molar-refractivity contribution in [1.29, 1.82) is 0 Å². The first-order chi connectivity index (χ1) is 16.5. The Labute approximate surface area is 204 Å². The molecule has 190 valence electrons. The summed E-state index contributed by atoms with van der Waals surface area (Å²) in [5.74, 6) is 1.54. The summed E-state index contributed by atoms with van der Waals surface area (Å²) < 4.78 is 23.6. The Kier molecular flexibility index (Phi) is 12.3. The predicted molar refractivity (Wildman–Crippen MR) is 137 cm³/mol. The van der Waals surface area contributed by atoms with Crippen molar-refractivity contribution in [3.05, 3.63) is 24.3 Å². The highest BCUT2D eigenvalue weighted by molar-refractivity contribution is 5.75. The molecule has 0 aliphatic rings. The highest BCUT2D eigenvalue weighted by atomic mass is 16.5. The van der Waals surface area contributed by atoms with Gasteiger partial charge in [0.2, 0.25) is 11.5 Å². The first-order valence-corrected chi connectivity index (χ1v) is 12.8. The standard InChI is InChI=1S/C28H42O6/c1-5-9-13-31-23-17-21(18-24(27(23)29)32-14-10-6-2)22-19-25(33-15-11-7-3)28(30)26(20-22)34-16-12-8-4/h17-20,29-30H,5-16H2,1-4H3. The molecule has 2 aromatic carbocycles. The van der Waals surface area contributed by atoms with Crippen LogP contribution in [0, 0.1) is 0 Å². The number of benzene rings is 2. The topological polar surface area (TPSA) is 77.4 Å². The molecule has 2 N–H and O–H groups in total. The van der Waals surface area contributed by atoms with Crippen molar-refractivity contribution in [3.8, 4) is 45.6 Å². The summed E-state index contributed by atoms with van der Waals surface area (Å²) in [6.07, 6.45) is 7.54. The molecule has 0 aromatic heterocycles. The lowest BCUT2D eigenvalue weighted by Gasteiger charge is -2.17. The van der Waals surface area contributed by atoms with Crippen LogP contribution in [-0.4, -0.2) is 36.6 Å². The molecular weight excluding hydrogens is 432 g/mol. The molecule has 2 aromatic rings. The maximum Gasteiger partial charge on any atom is 0.200 e. The van der Waals surface area contributed by atoms with E-state index >= 15 is 0 Å². The van der Waals surface area contributed by atoms with Crippen LogP contribution in [0.5, 0.6) is 34.5 Å². The monoisotopic (exact) mass is 474 g/mol. The van der Waals surface area contributed by atoms with Crippen LogP contribution in [0.2, 0.25) is 0 Å². The molecule has 0 amide bonds. The fourth-order valence-electron chi connectivity index (χ4n) is 3.24. The van der Waals surface area contributed by atoms with E-state index in [2.05, 4.69) is 27.7 Å². The summed E-state index contributed by atoms with van der Waals surface area (Å²) in [6.45, 7) is 10.4. The van der Waals surface area contributed by atoms with E-state index in [0.717, 1.165) is 62.5 Å². The van der Waals surface area contributed by atoms with Gasteiger partial charge in [0.25, 0.3) is 0 Å². The summed E-state index contributed by atoms with van der Waals surface area (Å²) in [4.78, 5) is 0. The van der Waals surface area contributed by atoms with Gasteiger partial charge in [-0.05, 0) is 61.1 Å². The first kappa shape index (κ1) is 27.5. The van der Waals surface area contributed by atoms with Gasteiger partial charge in [-0.25, -0.2) is 0 Å². The van der Waals surface area contributed by atoms with Crippen LogP contribution < -0.4 is 18.9 Å². The van der Waals surface area contributed by atoms with Crippen LogP contribution in [-0.2, 0) is 0 Å². The lowest BCUT2D eigenvalue weighted by atomic mass is 10.0. The molecule has 0 saturated heterocycles. The fourth-order valence-corrected chi connectivity index (χ4v) is 3.24. The van der Waals surface area contributed by atoms with Crippen molar-refractivity contribution in [3.63, 3.8) is 0 Å². The van der Waals surface area contributed by atoms with Crippen LogP contribution in [0.1, 0.15) is 79.1 Å². The van der Waals surface area contributed by atoms with Gasteiger partial charge >= 0.3 is 0 Å². The van der Waals surface area contributed by atoms with Crippen molar-refractivity contribution in [1.82, 2.24) is 0 Å². The third-order valence-electron chi connectivity index (χ3n) is 5.44. The lowest BCUT2D eigenvalue weighted by Crippen LogP contribution is -2.02. The Morgan fingerprint density at radius 1 is 0.471 bits per heavy atom. The van der Waals surface area contributed by atoms with E-state index in [1.54, 1.807) is 24.3 Å². The van der Waals surface area contributed by atoms with Gasteiger partial charge in [-0.1, -0.05) is 53.4 Å². The summed E-state index contributed by atoms with van der Waals surface area (Å²) >= 11 is 0. The lowest BCUT2D eigenvalue weighted by molar-refractivity contribution is 0.267. The van der Waals surface area contributed by atoms with E-state index in [-0.39, 0.29) is 11.5 Å². The number of phenols is 2. The van der Waals surface area contributed by atoms with Crippen LogP contribution >= 0.6 is 0 Å². The minimum absolute atomic E-state index is 0.00794. The quantitative estimate of drug-likeness (QED) is 0.231. The number of hydrogen-bond acceptors (Lipinski definition) is 6. The van der Waals surface area contributed by atoms with E-state index in [1.807, 2.05) is 0 Å². The molecular formula is C28H42O6. The van der Waals surface area contributed by atoms with E-state index in [4.69, 9.17) is 18.9 Å². The summed E-state index contributed by atoms with van der Waals surface area (Å²) in [5, 5.41) is 21.5. The predicted octanol–water partition coefficient (Wildman–Crippen LogP) is 7.48. The Bertz CT molecular complexity index is 730. The second kappa shape index (κ2) is 15.2. The highest BCUT2D eigenvalue weighted by Crippen LogP contribution is 2.45. The molecule has 0 radical (unpaired) electrons. The van der Waals surface area contributed by atoms with Gasteiger partial charge in [0.15, 0.2) is 23.0 Å². The van der Waals surface area contributed by atoms with Crippen molar-refractivity contribution in [2.75, 3.05) is 26.4 Å². The number of ether oxygens (including phenoxy) is 4. The third kappa shape index (κ3) is 8.23. The molecule has 0 fully saturated rings. The van der Waals surface area contributed by atoms with Crippen LogP contribution in [0.3, 0.4) is 0 Å². The minimum Gasteiger partial charge on any atom is -0.502 e. The molecule has 0 bridgehead atoms. The number of phenolic OH excluding ortho intramolecular Hbond substituents is 2. The van der Waals surface area contributed by atoms with Gasteiger partial charge in [0.1, 0.15) is 0 Å². The van der Waals surface area contributed by atoms with E-state index < -0.39 is 0 Å². The van der Waals surface area contributed by atoms with E-state index in [1.165, 1.54) is 0 Å². The van der Waals surface area contributed by atoms with Crippen molar-refractivity contribution >= 4 is 0 Å². The van der Waals surface area contributed by atoms with E-state index in [9.17, 15) is 10.2 Å². The smallest absolute Gasteiger partial charge is 0.200 e. The molecule has 0 aliphatic heterocycles. The van der Waals surface area contributed by atoms with E-state index in [0.29, 0.717) is 49.4 Å². The fraction of sp³-hybridized carbons (Fsp3) is 0.571. The van der Waals surface area contributed by atoms with Crippen molar-refractivity contribution < 1.29 is 29.2 Å². The molecule has 0 aliphatic carbocycles. The normalized spacial score (nSPS) is 10.8. The third-order valence-corrected chi connectivity index (χ3v) is 5.44. The Morgan fingerprint density at radius 2 is 0.706 bits per heavy atom. The van der Waals surface area contributed by atoms with Gasteiger partial charge < -0.3 is 29.2 Å². The van der Waals surface area contributed by atoms with Crippen LogP contribution in [0.15, 0.2) is 24.3 Å². The van der Waals surface area contributed by atoms with Gasteiger partial charge in [0.05, 0.1) is 26.4 Å². The number of unbranched alkanes of at least 4 members (excludes halogenated alkanes) is 4. The molecule has 0 saturated carbocycles. The van der Waals surface area contributed by atoms with Crippen molar-refractivity contribution in [2.45, 2.75) is 79.1 Å². The average molecular weight is 475 g/mol. The number of hydrogen-bond donors (Lipinski definition) is 2. The number of aromatic hydroxyl groups is 2. The van der Waals surface area contributed by atoms with Gasteiger partial charge in [-0.2, -0.15) is 0 Å². The van der Waals surface area contributed by atoms with Crippen molar-refractivity contribution in [2.24, 2.45) is 0 Å². The first-order valence-electron chi connectivity index (χ1n) is 12.8. The molecule has 6 nitrogen and oxygen atoms in total.